The van der Waals surface area contributed by atoms with Gasteiger partial charge in [0.05, 0.1) is 5.41 Å². The van der Waals surface area contributed by atoms with Crippen LogP contribution in [-0.2, 0) is 19.7 Å². The second kappa shape index (κ2) is 7.91. The molecule has 1 amide bonds. The van der Waals surface area contributed by atoms with Crippen LogP contribution in [0.5, 0.6) is 0 Å². The van der Waals surface area contributed by atoms with Crippen molar-refractivity contribution in [2.45, 2.75) is 44.9 Å². The Morgan fingerprint density at radius 3 is 2.52 bits per heavy atom. The molecule has 1 saturated carbocycles. The monoisotopic (exact) mass is 369 g/mol. The van der Waals surface area contributed by atoms with Gasteiger partial charge in [0.1, 0.15) is 5.82 Å². The van der Waals surface area contributed by atoms with E-state index in [1.165, 1.54) is 6.07 Å². The van der Waals surface area contributed by atoms with Gasteiger partial charge in [0.25, 0.3) is 5.91 Å². The third-order valence-electron chi connectivity index (χ3n) is 5.24. The fraction of sp³-hybridized carbons (Fsp3) is 0.364. The average Bonchev–Trinajstić information content (AvgIpc) is 3.14. The SMILES string of the molecule is Cc1ccc(C)c(NC(=O)COC(=O)C2(c3ccccc3F)CCCC2)c1. The number of esters is 1. The summed E-state index contributed by atoms with van der Waals surface area (Å²) in [6.45, 7) is 3.45. The maximum atomic E-state index is 14.3. The number of amides is 1. The molecule has 0 bridgehead atoms. The Labute approximate surface area is 158 Å². The van der Waals surface area contributed by atoms with Gasteiger partial charge in [0, 0.05) is 11.3 Å². The minimum absolute atomic E-state index is 0.363. The number of ether oxygens (including phenoxy) is 1. The highest BCUT2D eigenvalue weighted by molar-refractivity contribution is 5.94. The number of rotatable bonds is 5. The molecule has 0 aromatic heterocycles. The minimum Gasteiger partial charge on any atom is -0.455 e. The number of nitrogens with one attached hydrogen (secondary N) is 1. The van der Waals surface area contributed by atoms with Crippen LogP contribution in [0.15, 0.2) is 42.5 Å². The summed E-state index contributed by atoms with van der Waals surface area (Å²) in [4.78, 5) is 25.1. The zero-order valence-corrected chi connectivity index (χ0v) is 15.7. The van der Waals surface area contributed by atoms with Gasteiger partial charge >= 0.3 is 5.97 Å². The molecule has 0 heterocycles. The van der Waals surface area contributed by atoms with Gasteiger partial charge in [0.15, 0.2) is 6.61 Å². The molecule has 0 saturated heterocycles. The van der Waals surface area contributed by atoms with Crippen LogP contribution in [0.2, 0.25) is 0 Å². The van der Waals surface area contributed by atoms with Crippen molar-refractivity contribution in [3.05, 3.63) is 65.0 Å². The summed E-state index contributed by atoms with van der Waals surface area (Å²) in [5.74, 6) is -1.34. The molecule has 27 heavy (non-hydrogen) atoms. The van der Waals surface area contributed by atoms with Crippen molar-refractivity contribution in [1.29, 1.82) is 0 Å². The molecule has 1 fully saturated rings. The fourth-order valence-corrected chi connectivity index (χ4v) is 3.74. The first-order chi connectivity index (χ1) is 12.9. The van der Waals surface area contributed by atoms with E-state index in [1.807, 2.05) is 32.0 Å². The Bertz CT molecular complexity index is 856. The summed E-state index contributed by atoms with van der Waals surface area (Å²) in [6, 6.07) is 12.1. The predicted molar refractivity (Wildman–Crippen MR) is 102 cm³/mol. The molecule has 0 spiro atoms. The van der Waals surface area contributed by atoms with Crippen molar-refractivity contribution in [3.63, 3.8) is 0 Å². The molecule has 0 aliphatic heterocycles. The zero-order chi connectivity index (χ0) is 19.4. The number of carbonyl (C=O) groups excluding carboxylic acids is 2. The molecule has 0 atom stereocenters. The maximum absolute atomic E-state index is 14.3. The number of aryl methyl sites for hydroxylation is 2. The molecule has 5 heteroatoms. The highest BCUT2D eigenvalue weighted by Gasteiger charge is 2.45. The van der Waals surface area contributed by atoms with Crippen LogP contribution in [0.1, 0.15) is 42.4 Å². The lowest BCUT2D eigenvalue weighted by molar-refractivity contribution is -0.153. The molecular weight excluding hydrogens is 345 g/mol. The number of benzene rings is 2. The summed E-state index contributed by atoms with van der Waals surface area (Å²) in [7, 11) is 0. The van der Waals surface area contributed by atoms with Crippen LogP contribution in [0.3, 0.4) is 0 Å². The van der Waals surface area contributed by atoms with Crippen LogP contribution in [-0.4, -0.2) is 18.5 Å². The summed E-state index contributed by atoms with van der Waals surface area (Å²) >= 11 is 0. The standard InChI is InChI=1S/C22H24FNO3/c1-15-9-10-16(2)19(13-15)24-20(25)14-27-21(26)22(11-5-6-12-22)17-7-3-4-8-18(17)23/h3-4,7-10,13H,5-6,11-12,14H2,1-2H3,(H,24,25). The van der Waals surface area contributed by atoms with Crippen molar-refractivity contribution in [2.75, 3.05) is 11.9 Å². The van der Waals surface area contributed by atoms with Gasteiger partial charge in [-0.1, -0.05) is 43.2 Å². The third kappa shape index (κ3) is 4.02. The van der Waals surface area contributed by atoms with Gasteiger partial charge in [-0.25, -0.2) is 4.39 Å². The smallest absolute Gasteiger partial charge is 0.317 e. The Morgan fingerprint density at radius 1 is 1.11 bits per heavy atom. The van der Waals surface area contributed by atoms with Gasteiger partial charge in [-0.15, -0.1) is 0 Å². The predicted octanol–water partition coefficient (Wildman–Crippen LogP) is 4.44. The molecule has 142 valence electrons. The Balaban J connectivity index is 1.69. The Morgan fingerprint density at radius 2 is 1.81 bits per heavy atom. The summed E-state index contributed by atoms with van der Waals surface area (Å²) in [5, 5.41) is 2.77. The number of halogens is 1. The lowest BCUT2D eigenvalue weighted by Crippen LogP contribution is -2.37. The van der Waals surface area contributed by atoms with E-state index in [0.717, 1.165) is 24.0 Å². The first kappa shape index (κ1) is 19.1. The van der Waals surface area contributed by atoms with Crippen molar-refractivity contribution >= 4 is 17.6 Å². The molecule has 0 radical (unpaired) electrons. The highest BCUT2D eigenvalue weighted by atomic mass is 19.1. The second-order valence-electron chi connectivity index (χ2n) is 7.21. The normalized spacial score (nSPS) is 15.4. The van der Waals surface area contributed by atoms with E-state index in [2.05, 4.69) is 5.32 Å². The van der Waals surface area contributed by atoms with Crippen LogP contribution in [0.4, 0.5) is 10.1 Å². The van der Waals surface area contributed by atoms with E-state index in [1.54, 1.807) is 18.2 Å². The molecule has 1 aliphatic carbocycles. The second-order valence-corrected chi connectivity index (χ2v) is 7.21. The van der Waals surface area contributed by atoms with E-state index < -0.39 is 23.1 Å². The van der Waals surface area contributed by atoms with Crippen LogP contribution < -0.4 is 5.32 Å². The molecule has 3 rings (SSSR count). The zero-order valence-electron chi connectivity index (χ0n) is 15.7. The van der Waals surface area contributed by atoms with E-state index in [4.69, 9.17) is 4.74 Å². The lowest BCUT2D eigenvalue weighted by atomic mass is 9.78. The molecule has 1 N–H and O–H groups in total. The highest BCUT2D eigenvalue weighted by Crippen LogP contribution is 2.43. The molecule has 2 aromatic rings. The van der Waals surface area contributed by atoms with Crippen molar-refractivity contribution in [3.8, 4) is 0 Å². The molecule has 0 unspecified atom stereocenters. The molecular formula is C22H24FNO3. The number of hydrogen-bond donors (Lipinski definition) is 1. The summed E-state index contributed by atoms with van der Waals surface area (Å²) < 4.78 is 19.7. The van der Waals surface area contributed by atoms with Crippen molar-refractivity contribution in [2.24, 2.45) is 0 Å². The van der Waals surface area contributed by atoms with E-state index in [-0.39, 0.29) is 6.61 Å². The summed E-state index contributed by atoms with van der Waals surface area (Å²) in [6.07, 6.45) is 2.73. The van der Waals surface area contributed by atoms with Gasteiger partial charge in [-0.2, -0.15) is 0 Å². The van der Waals surface area contributed by atoms with E-state index in [9.17, 15) is 14.0 Å². The minimum atomic E-state index is -0.995. The average molecular weight is 369 g/mol. The summed E-state index contributed by atoms with van der Waals surface area (Å²) in [5.41, 5.74) is 2.02. The Hall–Kier alpha value is -2.69. The fourth-order valence-electron chi connectivity index (χ4n) is 3.74. The van der Waals surface area contributed by atoms with Crippen molar-refractivity contribution in [1.82, 2.24) is 0 Å². The van der Waals surface area contributed by atoms with Crippen LogP contribution in [0.25, 0.3) is 0 Å². The molecule has 1 aliphatic rings. The third-order valence-corrected chi connectivity index (χ3v) is 5.24. The van der Waals surface area contributed by atoms with E-state index >= 15 is 0 Å². The largest absolute Gasteiger partial charge is 0.455 e. The van der Waals surface area contributed by atoms with Crippen molar-refractivity contribution < 1.29 is 18.7 Å². The van der Waals surface area contributed by atoms with E-state index in [0.29, 0.717) is 24.1 Å². The van der Waals surface area contributed by atoms with Crippen LogP contribution in [0, 0.1) is 19.7 Å². The number of anilines is 1. The quantitative estimate of drug-likeness (QED) is 0.793. The van der Waals surface area contributed by atoms with Gasteiger partial charge in [-0.05, 0) is 49.9 Å². The topological polar surface area (TPSA) is 55.4 Å². The Kier molecular flexibility index (Phi) is 5.59. The number of carbonyl (C=O) groups is 2. The van der Waals surface area contributed by atoms with Gasteiger partial charge in [-0.3, -0.25) is 9.59 Å². The van der Waals surface area contributed by atoms with Crippen LogP contribution >= 0.6 is 0 Å². The van der Waals surface area contributed by atoms with Gasteiger partial charge in [0.2, 0.25) is 0 Å². The van der Waals surface area contributed by atoms with Gasteiger partial charge < -0.3 is 10.1 Å². The molecule has 4 nitrogen and oxygen atoms in total. The maximum Gasteiger partial charge on any atom is 0.317 e. The lowest BCUT2D eigenvalue weighted by Gasteiger charge is -2.27. The number of hydrogen-bond acceptors (Lipinski definition) is 3. The molecule has 2 aromatic carbocycles. The first-order valence-electron chi connectivity index (χ1n) is 9.22. The first-order valence-corrected chi connectivity index (χ1v) is 9.22.